The second kappa shape index (κ2) is 11.0. The van der Waals surface area contributed by atoms with Crippen LogP contribution < -0.4 is 9.47 Å². The predicted molar refractivity (Wildman–Crippen MR) is 125 cm³/mol. The number of hydrogen-bond acceptors (Lipinski definition) is 4. The third-order valence-corrected chi connectivity index (χ3v) is 5.73. The van der Waals surface area contributed by atoms with Gasteiger partial charge in [0.2, 0.25) is 0 Å². The molecule has 6 heteroatoms. The molecule has 0 bridgehead atoms. The minimum atomic E-state index is -0.521. The summed E-state index contributed by atoms with van der Waals surface area (Å²) in [6, 6.07) is 15.5. The van der Waals surface area contributed by atoms with Crippen molar-refractivity contribution >= 4 is 11.8 Å². The number of piperazine rings is 1. The zero-order valence-electron chi connectivity index (χ0n) is 19.5. The van der Waals surface area contributed by atoms with Gasteiger partial charge in [0.25, 0.3) is 11.8 Å². The van der Waals surface area contributed by atoms with Gasteiger partial charge in [0.05, 0.1) is 0 Å². The van der Waals surface area contributed by atoms with Gasteiger partial charge in [-0.1, -0.05) is 38.1 Å². The van der Waals surface area contributed by atoms with Crippen LogP contribution in [0.5, 0.6) is 11.5 Å². The first kappa shape index (κ1) is 23.6. The highest BCUT2D eigenvalue weighted by Gasteiger charge is 2.32. The molecule has 1 heterocycles. The maximum Gasteiger partial charge on any atom is 0.263 e. The Kier molecular flexibility index (Phi) is 8.14. The Balaban J connectivity index is 1.55. The van der Waals surface area contributed by atoms with Crippen molar-refractivity contribution < 1.29 is 19.1 Å². The standard InChI is InChI=1S/C26H34N2O4/c1-5-23(31-21-11-7-9-19(3)17-21)25(29)27-13-15-28(16-14-27)26(30)24(6-2)32-22-12-8-10-20(4)18-22/h7-12,17-18,23-24H,5-6,13-16H2,1-4H3. The van der Waals surface area contributed by atoms with Crippen molar-refractivity contribution in [3.63, 3.8) is 0 Å². The topological polar surface area (TPSA) is 59.1 Å². The van der Waals surface area contributed by atoms with Gasteiger partial charge >= 0.3 is 0 Å². The molecule has 0 aliphatic carbocycles. The lowest BCUT2D eigenvalue weighted by Gasteiger charge is -2.37. The van der Waals surface area contributed by atoms with E-state index in [1.807, 2.05) is 76.2 Å². The second-order valence-corrected chi connectivity index (χ2v) is 8.31. The van der Waals surface area contributed by atoms with E-state index in [1.165, 1.54) is 0 Å². The first-order valence-electron chi connectivity index (χ1n) is 11.5. The Morgan fingerprint density at radius 3 is 1.44 bits per heavy atom. The fourth-order valence-corrected chi connectivity index (χ4v) is 3.88. The summed E-state index contributed by atoms with van der Waals surface area (Å²) in [5.41, 5.74) is 2.19. The van der Waals surface area contributed by atoms with Crippen LogP contribution in [0.15, 0.2) is 48.5 Å². The van der Waals surface area contributed by atoms with Gasteiger partial charge in [-0.05, 0) is 62.1 Å². The van der Waals surface area contributed by atoms with Crippen molar-refractivity contribution in [3.8, 4) is 11.5 Å². The molecule has 1 aliphatic heterocycles. The highest BCUT2D eigenvalue weighted by atomic mass is 16.5. The molecule has 6 nitrogen and oxygen atoms in total. The van der Waals surface area contributed by atoms with E-state index in [-0.39, 0.29) is 11.8 Å². The summed E-state index contributed by atoms with van der Waals surface area (Å²) in [5, 5.41) is 0. The first-order chi connectivity index (χ1) is 15.4. The highest BCUT2D eigenvalue weighted by molar-refractivity contribution is 5.83. The average Bonchev–Trinajstić information content (AvgIpc) is 2.80. The molecule has 0 aromatic heterocycles. The van der Waals surface area contributed by atoms with Crippen LogP contribution in [0.1, 0.15) is 37.8 Å². The van der Waals surface area contributed by atoms with Gasteiger partial charge in [-0.3, -0.25) is 9.59 Å². The predicted octanol–water partition coefficient (Wildman–Crippen LogP) is 3.99. The molecule has 0 spiro atoms. The molecule has 1 saturated heterocycles. The van der Waals surface area contributed by atoms with E-state index >= 15 is 0 Å². The molecule has 3 rings (SSSR count). The molecule has 0 N–H and O–H groups in total. The molecule has 1 fully saturated rings. The SMILES string of the molecule is CCC(Oc1cccc(C)c1)C(=O)N1CCN(C(=O)C(CC)Oc2cccc(C)c2)CC1. The van der Waals surface area contributed by atoms with Gasteiger partial charge in [-0.2, -0.15) is 0 Å². The molecule has 2 aromatic carbocycles. The van der Waals surface area contributed by atoms with Crippen molar-refractivity contribution in [1.82, 2.24) is 9.80 Å². The van der Waals surface area contributed by atoms with Gasteiger partial charge in [0.15, 0.2) is 12.2 Å². The monoisotopic (exact) mass is 438 g/mol. The van der Waals surface area contributed by atoms with Gasteiger partial charge in [0, 0.05) is 26.2 Å². The number of carbonyl (C=O) groups excluding carboxylic acids is 2. The highest BCUT2D eigenvalue weighted by Crippen LogP contribution is 2.19. The molecule has 2 unspecified atom stereocenters. The zero-order chi connectivity index (χ0) is 23.1. The van der Waals surface area contributed by atoms with Gasteiger partial charge in [-0.15, -0.1) is 0 Å². The molecular formula is C26H34N2O4. The van der Waals surface area contributed by atoms with Crippen LogP contribution in [0.3, 0.4) is 0 Å². The zero-order valence-corrected chi connectivity index (χ0v) is 19.5. The molecule has 0 saturated carbocycles. The fourth-order valence-electron chi connectivity index (χ4n) is 3.88. The molecular weight excluding hydrogens is 404 g/mol. The number of hydrogen-bond donors (Lipinski definition) is 0. The van der Waals surface area contributed by atoms with Gasteiger partial charge in [0.1, 0.15) is 11.5 Å². The van der Waals surface area contributed by atoms with E-state index in [1.54, 1.807) is 9.80 Å². The summed E-state index contributed by atoms with van der Waals surface area (Å²) in [7, 11) is 0. The van der Waals surface area contributed by atoms with Crippen LogP contribution in [-0.4, -0.2) is 60.0 Å². The molecule has 172 valence electrons. The number of benzene rings is 2. The van der Waals surface area contributed by atoms with Crippen LogP contribution in [0.4, 0.5) is 0 Å². The van der Waals surface area contributed by atoms with E-state index in [0.29, 0.717) is 50.5 Å². The lowest BCUT2D eigenvalue weighted by molar-refractivity contribution is -0.147. The van der Waals surface area contributed by atoms with Crippen molar-refractivity contribution in [1.29, 1.82) is 0 Å². The van der Waals surface area contributed by atoms with Crippen molar-refractivity contribution in [2.45, 2.75) is 52.7 Å². The van der Waals surface area contributed by atoms with Crippen LogP contribution >= 0.6 is 0 Å². The maximum atomic E-state index is 13.0. The lowest BCUT2D eigenvalue weighted by atomic mass is 10.1. The summed E-state index contributed by atoms with van der Waals surface area (Å²) in [6.45, 7) is 9.89. The average molecular weight is 439 g/mol. The summed E-state index contributed by atoms with van der Waals surface area (Å²) in [6.07, 6.45) is 0.140. The molecule has 32 heavy (non-hydrogen) atoms. The van der Waals surface area contributed by atoms with E-state index in [9.17, 15) is 9.59 Å². The van der Waals surface area contributed by atoms with E-state index < -0.39 is 12.2 Å². The first-order valence-corrected chi connectivity index (χ1v) is 11.5. The number of aryl methyl sites for hydroxylation is 2. The number of carbonyl (C=O) groups is 2. The summed E-state index contributed by atoms with van der Waals surface area (Å²) >= 11 is 0. The second-order valence-electron chi connectivity index (χ2n) is 8.31. The third kappa shape index (κ3) is 6.02. The number of ether oxygens (including phenoxy) is 2. The van der Waals surface area contributed by atoms with Gasteiger partial charge < -0.3 is 19.3 Å². The largest absolute Gasteiger partial charge is 0.481 e. The lowest BCUT2D eigenvalue weighted by Crippen LogP contribution is -2.55. The van der Waals surface area contributed by atoms with Crippen LogP contribution in [0, 0.1) is 13.8 Å². The van der Waals surface area contributed by atoms with Crippen LogP contribution in [0.2, 0.25) is 0 Å². The number of rotatable bonds is 8. The van der Waals surface area contributed by atoms with Crippen LogP contribution in [-0.2, 0) is 9.59 Å². The Bertz CT molecular complexity index is 846. The smallest absolute Gasteiger partial charge is 0.263 e. The third-order valence-electron chi connectivity index (χ3n) is 5.73. The molecule has 2 amide bonds. The number of amides is 2. The molecule has 0 radical (unpaired) electrons. The summed E-state index contributed by atoms with van der Waals surface area (Å²) in [5.74, 6) is 1.37. The molecule has 1 aliphatic rings. The number of nitrogens with zero attached hydrogens (tertiary/aromatic N) is 2. The normalized spacial score (nSPS) is 15.8. The van der Waals surface area contributed by atoms with Crippen molar-refractivity contribution in [2.24, 2.45) is 0 Å². The fraction of sp³-hybridized carbons (Fsp3) is 0.462. The van der Waals surface area contributed by atoms with Gasteiger partial charge in [-0.25, -0.2) is 0 Å². The van der Waals surface area contributed by atoms with Crippen LogP contribution in [0.25, 0.3) is 0 Å². The Morgan fingerprint density at radius 1 is 0.750 bits per heavy atom. The quantitative estimate of drug-likeness (QED) is 0.625. The van der Waals surface area contributed by atoms with E-state index in [0.717, 1.165) is 11.1 Å². The summed E-state index contributed by atoms with van der Waals surface area (Å²) in [4.78, 5) is 29.7. The van der Waals surface area contributed by atoms with Crippen molar-refractivity contribution in [2.75, 3.05) is 26.2 Å². The summed E-state index contributed by atoms with van der Waals surface area (Å²) < 4.78 is 11.9. The van der Waals surface area contributed by atoms with Crippen molar-refractivity contribution in [3.05, 3.63) is 59.7 Å². The Hall–Kier alpha value is -3.02. The minimum Gasteiger partial charge on any atom is -0.481 e. The minimum absolute atomic E-state index is 0.0239. The molecule has 2 aromatic rings. The molecule has 2 atom stereocenters. The van der Waals surface area contributed by atoms with E-state index in [2.05, 4.69) is 0 Å². The maximum absolute atomic E-state index is 13.0. The Morgan fingerprint density at radius 2 is 1.12 bits per heavy atom. The van der Waals surface area contributed by atoms with E-state index in [4.69, 9.17) is 9.47 Å². The Labute approximate surface area is 191 Å².